The highest BCUT2D eigenvalue weighted by atomic mass is 16.4. The first-order valence-electron chi connectivity index (χ1n) is 13.8. The highest BCUT2D eigenvalue weighted by molar-refractivity contribution is 5.76. The highest BCUT2D eigenvalue weighted by Gasteiger charge is 2.71. The first-order chi connectivity index (χ1) is 15.3. The fourth-order valence-corrected chi connectivity index (χ4v) is 11.5. The fraction of sp³-hybridized carbons (Fsp3) is 0.900. The number of carbonyl (C=O) groups is 1. The van der Waals surface area contributed by atoms with Gasteiger partial charge in [0.1, 0.15) is 0 Å². The summed E-state index contributed by atoms with van der Waals surface area (Å²) >= 11 is 0. The average molecular weight is 457 g/mol. The predicted octanol–water partition coefficient (Wildman–Crippen LogP) is 7.09. The summed E-state index contributed by atoms with van der Waals surface area (Å²) in [6, 6.07) is 0. The van der Waals surface area contributed by atoms with Gasteiger partial charge in [-0.25, -0.2) is 0 Å². The largest absolute Gasteiger partial charge is 0.481 e. The van der Waals surface area contributed by atoms with Crippen molar-refractivity contribution in [3.8, 4) is 0 Å². The molecule has 0 aromatic rings. The molecule has 33 heavy (non-hydrogen) atoms. The van der Waals surface area contributed by atoms with Crippen molar-refractivity contribution in [2.75, 3.05) is 0 Å². The Kier molecular flexibility index (Phi) is 5.15. The summed E-state index contributed by atoms with van der Waals surface area (Å²) in [7, 11) is 0. The van der Waals surface area contributed by atoms with Gasteiger partial charge in [0.2, 0.25) is 0 Å². The van der Waals surface area contributed by atoms with Gasteiger partial charge in [-0.3, -0.25) is 4.79 Å². The smallest absolute Gasteiger partial charge is 0.309 e. The zero-order valence-corrected chi connectivity index (χ0v) is 22.0. The number of aliphatic hydroxyl groups excluding tert-OH is 1. The van der Waals surface area contributed by atoms with Crippen LogP contribution >= 0.6 is 0 Å². The second-order valence-corrected chi connectivity index (χ2v) is 14.5. The highest BCUT2D eigenvalue weighted by Crippen LogP contribution is 2.77. The van der Waals surface area contributed by atoms with Gasteiger partial charge in [-0.15, -0.1) is 0 Å². The first-order valence-corrected chi connectivity index (χ1v) is 13.8. The van der Waals surface area contributed by atoms with E-state index in [4.69, 9.17) is 0 Å². The van der Waals surface area contributed by atoms with Crippen molar-refractivity contribution in [3.63, 3.8) is 0 Å². The monoisotopic (exact) mass is 456 g/mol. The molecule has 2 N–H and O–H groups in total. The molecule has 5 aliphatic carbocycles. The number of aliphatic carboxylic acids is 1. The Morgan fingerprint density at radius 2 is 1.52 bits per heavy atom. The fourth-order valence-electron chi connectivity index (χ4n) is 11.5. The molecule has 0 spiro atoms. The summed E-state index contributed by atoms with van der Waals surface area (Å²) in [5, 5.41) is 21.4. The maximum absolute atomic E-state index is 12.8. The van der Waals surface area contributed by atoms with E-state index in [2.05, 4.69) is 48.1 Å². The lowest BCUT2D eigenvalue weighted by Gasteiger charge is -2.72. The van der Waals surface area contributed by atoms with Crippen LogP contribution < -0.4 is 0 Å². The van der Waals surface area contributed by atoms with Crippen molar-refractivity contribution < 1.29 is 15.0 Å². The van der Waals surface area contributed by atoms with Crippen LogP contribution in [0, 0.1) is 56.7 Å². The number of hydrogen-bond donors (Lipinski definition) is 2. The number of carboxylic acid groups (broad SMARTS) is 1. The van der Waals surface area contributed by atoms with Gasteiger partial charge in [0.05, 0.1) is 11.5 Å². The maximum Gasteiger partial charge on any atom is 0.309 e. The molecule has 5 rings (SSSR count). The Balaban J connectivity index is 1.57. The van der Waals surface area contributed by atoms with E-state index in [-0.39, 0.29) is 33.7 Å². The summed E-state index contributed by atoms with van der Waals surface area (Å²) in [5.74, 6) is 1.79. The van der Waals surface area contributed by atoms with E-state index in [1.165, 1.54) is 31.3 Å². The van der Waals surface area contributed by atoms with Crippen LogP contribution in [0.3, 0.4) is 0 Å². The number of carboxylic acids is 1. The van der Waals surface area contributed by atoms with Gasteiger partial charge in [-0.05, 0) is 122 Å². The van der Waals surface area contributed by atoms with Gasteiger partial charge in [0.15, 0.2) is 0 Å². The van der Waals surface area contributed by atoms with Gasteiger partial charge >= 0.3 is 5.97 Å². The van der Waals surface area contributed by atoms with Crippen molar-refractivity contribution in [2.24, 2.45) is 56.7 Å². The molecule has 0 aromatic heterocycles. The zero-order chi connectivity index (χ0) is 24.2. The third-order valence-electron chi connectivity index (χ3n) is 13.5. The summed E-state index contributed by atoms with van der Waals surface area (Å²) in [4.78, 5) is 12.8. The van der Waals surface area contributed by atoms with E-state index < -0.39 is 11.4 Å². The lowest BCUT2D eigenvalue weighted by atomic mass is 9.32. The molecule has 3 heteroatoms. The van der Waals surface area contributed by atoms with E-state index in [1.807, 2.05) is 0 Å². The molecule has 5 saturated carbocycles. The molecular weight excluding hydrogens is 408 g/mol. The van der Waals surface area contributed by atoms with Crippen molar-refractivity contribution in [1.82, 2.24) is 0 Å². The Hall–Kier alpha value is -0.830. The van der Waals surface area contributed by atoms with Crippen molar-refractivity contribution in [1.29, 1.82) is 0 Å². The standard InChI is InChI=1S/C30H48O3/c1-18(2)19-10-15-30(25(32)33)17-16-28(6)20(24(19)30)8-9-22-27(5)13-12-23(31)26(3,4)21(27)11-14-29(22,28)7/h19-24,31H,1,8-17H2,2-7H3,(H,32,33)/t19-,20+,21?,22+,23?,24?,27-,28+,29+,30-/m0/s1. The zero-order valence-electron chi connectivity index (χ0n) is 22.0. The molecule has 3 unspecified atom stereocenters. The number of fused-ring (bicyclic) bond motifs is 7. The molecular formula is C30H48O3. The number of allylic oxidation sites excluding steroid dienone is 1. The summed E-state index contributed by atoms with van der Waals surface area (Å²) in [6.45, 7) is 18.8. The molecule has 186 valence electrons. The SMILES string of the molecule is C=C(C)[C@@H]1CC[C@]2(C(=O)O)CC[C@]3(C)[C@H](CC[C@@H]4[C@@]5(C)CCC(O)C(C)(C)C5CC[C@]43C)C12. The average Bonchev–Trinajstić information content (AvgIpc) is 3.13. The topological polar surface area (TPSA) is 57.5 Å². The summed E-state index contributed by atoms with van der Waals surface area (Å²) in [5.41, 5.74) is 1.35. The molecule has 0 bridgehead atoms. The van der Waals surface area contributed by atoms with Gasteiger partial charge in [0.25, 0.3) is 0 Å². The van der Waals surface area contributed by atoms with Crippen LogP contribution in [0.15, 0.2) is 12.2 Å². The molecule has 0 aliphatic heterocycles. The van der Waals surface area contributed by atoms with E-state index in [0.717, 1.165) is 38.5 Å². The number of rotatable bonds is 2. The normalized spacial score (nSPS) is 55.0. The maximum atomic E-state index is 12.8. The van der Waals surface area contributed by atoms with Gasteiger partial charge < -0.3 is 10.2 Å². The van der Waals surface area contributed by atoms with Crippen LogP contribution in [0.25, 0.3) is 0 Å². The Labute approximate surface area is 201 Å². The minimum atomic E-state index is -0.538. The van der Waals surface area contributed by atoms with Crippen LogP contribution in [0.4, 0.5) is 0 Å². The molecule has 5 aliphatic rings. The summed E-state index contributed by atoms with van der Waals surface area (Å²) in [6.07, 6.45) is 10.5. The Bertz CT molecular complexity index is 861. The van der Waals surface area contributed by atoms with Gasteiger partial charge in [-0.1, -0.05) is 46.8 Å². The molecule has 0 heterocycles. The van der Waals surface area contributed by atoms with E-state index in [0.29, 0.717) is 23.7 Å². The molecule has 5 fully saturated rings. The van der Waals surface area contributed by atoms with Gasteiger partial charge in [0, 0.05) is 0 Å². The lowest BCUT2D eigenvalue weighted by Crippen LogP contribution is -2.67. The van der Waals surface area contributed by atoms with Crippen LogP contribution in [0.1, 0.15) is 106 Å². The second-order valence-electron chi connectivity index (χ2n) is 14.5. The van der Waals surface area contributed by atoms with Crippen LogP contribution in [0.5, 0.6) is 0 Å². The first kappa shape index (κ1) is 23.9. The van der Waals surface area contributed by atoms with E-state index in [9.17, 15) is 15.0 Å². The number of hydrogen-bond acceptors (Lipinski definition) is 2. The summed E-state index contributed by atoms with van der Waals surface area (Å²) < 4.78 is 0. The predicted molar refractivity (Wildman–Crippen MR) is 133 cm³/mol. The minimum absolute atomic E-state index is 0.0202. The molecule has 3 nitrogen and oxygen atoms in total. The van der Waals surface area contributed by atoms with E-state index >= 15 is 0 Å². The quantitative estimate of drug-likeness (QED) is 0.436. The molecule has 0 aromatic carbocycles. The van der Waals surface area contributed by atoms with Crippen LogP contribution in [0.2, 0.25) is 0 Å². The number of aliphatic hydroxyl groups is 1. The van der Waals surface area contributed by atoms with Crippen molar-refractivity contribution in [3.05, 3.63) is 12.2 Å². The van der Waals surface area contributed by atoms with Crippen molar-refractivity contribution >= 4 is 5.97 Å². The minimum Gasteiger partial charge on any atom is -0.481 e. The van der Waals surface area contributed by atoms with Crippen LogP contribution in [-0.4, -0.2) is 22.3 Å². The lowest BCUT2D eigenvalue weighted by molar-refractivity contribution is -0.248. The van der Waals surface area contributed by atoms with Crippen LogP contribution in [-0.2, 0) is 4.79 Å². The molecule has 0 amide bonds. The Morgan fingerprint density at radius 1 is 0.818 bits per heavy atom. The molecule has 0 radical (unpaired) electrons. The van der Waals surface area contributed by atoms with E-state index in [1.54, 1.807) is 0 Å². The van der Waals surface area contributed by atoms with Gasteiger partial charge in [-0.2, -0.15) is 0 Å². The molecule has 0 saturated heterocycles. The Morgan fingerprint density at radius 3 is 2.15 bits per heavy atom. The van der Waals surface area contributed by atoms with Crippen molar-refractivity contribution in [2.45, 2.75) is 112 Å². The second kappa shape index (κ2) is 7.11. The molecule has 10 atom stereocenters. The third-order valence-corrected chi connectivity index (χ3v) is 13.5. The third kappa shape index (κ3) is 2.75.